The summed E-state index contributed by atoms with van der Waals surface area (Å²) < 4.78 is 0. The first-order valence-corrected chi connectivity index (χ1v) is 17.1. The van der Waals surface area contributed by atoms with Crippen LogP contribution in [0.3, 0.4) is 0 Å². The van der Waals surface area contributed by atoms with Crippen LogP contribution in [0, 0.1) is 41.5 Å². The van der Waals surface area contributed by atoms with Gasteiger partial charge in [-0.1, -0.05) is 165 Å². The van der Waals surface area contributed by atoms with Crippen molar-refractivity contribution in [3.05, 3.63) is 155 Å². The van der Waals surface area contributed by atoms with Crippen molar-refractivity contribution in [1.29, 1.82) is 0 Å². The van der Waals surface area contributed by atoms with Gasteiger partial charge in [0, 0.05) is 30.9 Å². The van der Waals surface area contributed by atoms with Gasteiger partial charge in [-0.2, -0.15) is 0 Å². The van der Waals surface area contributed by atoms with E-state index in [2.05, 4.69) is 182 Å². The highest BCUT2D eigenvalue weighted by molar-refractivity contribution is 6.96. The van der Waals surface area contributed by atoms with E-state index in [1.807, 2.05) is 0 Å². The Morgan fingerprint density at radius 3 is 1.42 bits per heavy atom. The van der Waals surface area contributed by atoms with Gasteiger partial charge in [-0.15, -0.1) is 0 Å². The number of hydrogen-bond acceptors (Lipinski definition) is 1. The Kier molecular flexibility index (Phi) is 8.21. The molecule has 7 aromatic rings. The van der Waals surface area contributed by atoms with Crippen molar-refractivity contribution in [3.63, 3.8) is 0 Å². The lowest BCUT2D eigenvalue weighted by molar-refractivity contribution is 1.14. The zero-order valence-electron chi connectivity index (χ0n) is 29.6. The Balaban J connectivity index is 1.47. The summed E-state index contributed by atoms with van der Waals surface area (Å²) in [5.41, 5.74) is 18.5. The predicted octanol–water partition coefficient (Wildman–Crippen LogP) is 9.76. The molecular weight excluding hydrogens is 577 g/mol. The van der Waals surface area contributed by atoms with Gasteiger partial charge in [0.25, 0.3) is 0 Å². The maximum atomic E-state index is 2.38. The molecule has 7 aromatic carbocycles. The third kappa shape index (κ3) is 5.50. The molecule has 0 amide bonds. The third-order valence-electron chi connectivity index (χ3n) is 10.2. The van der Waals surface area contributed by atoms with Gasteiger partial charge in [-0.25, -0.2) is 0 Å². The summed E-state index contributed by atoms with van der Waals surface area (Å²) in [6.45, 7) is 13.7. The normalized spacial score (nSPS) is 11.3. The van der Waals surface area contributed by atoms with E-state index >= 15 is 0 Å². The topological polar surface area (TPSA) is 3.24 Å². The average Bonchev–Trinajstić information content (AvgIpc) is 3.06. The summed E-state index contributed by atoms with van der Waals surface area (Å²) in [4.78, 5) is 2.25. The zero-order valence-corrected chi connectivity index (χ0v) is 29.6. The molecule has 0 fully saturated rings. The zero-order chi connectivity index (χ0) is 33.7. The van der Waals surface area contributed by atoms with Crippen molar-refractivity contribution in [2.75, 3.05) is 19.0 Å². The largest absolute Gasteiger partial charge is 0.377 e. The molecule has 0 radical (unpaired) electrons. The maximum Gasteiger partial charge on any atom is 0.242 e. The number of hydrogen-bond donors (Lipinski definition) is 0. The van der Waals surface area contributed by atoms with Crippen molar-refractivity contribution in [1.82, 2.24) is 0 Å². The van der Waals surface area contributed by atoms with Crippen LogP contribution in [-0.2, 0) is 0 Å². The molecule has 236 valence electrons. The summed E-state index contributed by atoms with van der Waals surface area (Å²) in [6.07, 6.45) is 0. The highest BCUT2D eigenvalue weighted by atomic mass is 15.1. The van der Waals surface area contributed by atoms with E-state index in [1.165, 1.54) is 99.3 Å². The minimum Gasteiger partial charge on any atom is -0.377 e. The van der Waals surface area contributed by atoms with Crippen molar-refractivity contribution >= 4 is 50.3 Å². The van der Waals surface area contributed by atoms with Crippen LogP contribution in [0.5, 0.6) is 0 Å². The van der Waals surface area contributed by atoms with Gasteiger partial charge in [0.2, 0.25) is 6.71 Å². The SMILES string of the molecule is Cc1cc(C)c(B(c2ccc(-c3ccc4ccccc4c3-c3c(N(C)C)ccc4ccccc34)cc2)c2c(C)cc(C)cc2C)c(C)c1. The van der Waals surface area contributed by atoms with Crippen LogP contribution in [0.4, 0.5) is 5.69 Å². The van der Waals surface area contributed by atoms with E-state index in [1.54, 1.807) is 0 Å². The molecule has 1 nitrogen and oxygen atoms in total. The van der Waals surface area contributed by atoms with Crippen molar-refractivity contribution in [2.45, 2.75) is 41.5 Å². The van der Waals surface area contributed by atoms with E-state index < -0.39 is 0 Å². The highest BCUT2D eigenvalue weighted by Gasteiger charge is 2.28. The fourth-order valence-corrected chi connectivity index (χ4v) is 8.30. The Bertz CT molecular complexity index is 2220. The third-order valence-corrected chi connectivity index (χ3v) is 10.2. The lowest BCUT2D eigenvalue weighted by atomic mass is 9.34. The molecule has 2 heteroatoms. The van der Waals surface area contributed by atoms with Crippen LogP contribution < -0.4 is 21.3 Å². The average molecular weight is 622 g/mol. The van der Waals surface area contributed by atoms with Gasteiger partial charge in [-0.3, -0.25) is 0 Å². The standard InChI is InChI=1S/C46H44BN/c1-29-25-31(3)45(32(4)26-29)47(46-33(5)27-30(2)28-34(46)6)38-21-17-37(18-22-38)41-23-19-35-13-9-11-15-39(35)43(41)44-40-16-12-10-14-36(40)20-24-42(44)48(7)8/h9-28H,1-8H3. The molecule has 0 atom stereocenters. The maximum absolute atomic E-state index is 2.38. The van der Waals surface area contributed by atoms with E-state index in [9.17, 15) is 0 Å². The second-order valence-corrected chi connectivity index (χ2v) is 14.0. The molecular formula is C46H44BN. The second-order valence-electron chi connectivity index (χ2n) is 14.0. The lowest BCUT2D eigenvalue weighted by Crippen LogP contribution is -2.55. The molecule has 0 unspecified atom stereocenters. The Hall–Kier alpha value is -5.08. The summed E-state index contributed by atoms with van der Waals surface area (Å²) in [5.74, 6) is 0. The monoisotopic (exact) mass is 621 g/mol. The minimum atomic E-state index is 0.148. The van der Waals surface area contributed by atoms with Gasteiger partial charge >= 0.3 is 0 Å². The van der Waals surface area contributed by atoms with Crippen LogP contribution in [0.2, 0.25) is 0 Å². The van der Waals surface area contributed by atoms with Gasteiger partial charge in [0.15, 0.2) is 0 Å². The first-order valence-electron chi connectivity index (χ1n) is 17.1. The molecule has 7 rings (SSSR count). The number of anilines is 1. The molecule has 0 spiro atoms. The van der Waals surface area contributed by atoms with E-state index in [-0.39, 0.29) is 6.71 Å². The van der Waals surface area contributed by atoms with E-state index in [0.717, 1.165) is 0 Å². The quantitative estimate of drug-likeness (QED) is 0.167. The fourth-order valence-electron chi connectivity index (χ4n) is 8.30. The fraction of sp³-hybridized carbons (Fsp3) is 0.174. The Morgan fingerprint density at radius 2 is 0.917 bits per heavy atom. The molecule has 48 heavy (non-hydrogen) atoms. The number of rotatable bonds is 6. The molecule has 0 saturated carbocycles. The molecule has 0 aliphatic rings. The smallest absolute Gasteiger partial charge is 0.242 e. The van der Waals surface area contributed by atoms with E-state index in [0.29, 0.717) is 0 Å². The van der Waals surface area contributed by atoms with Crippen molar-refractivity contribution in [3.8, 4) is 22.3 Å². The Morgan fingerprint density at radius 1 is 0.458 bits per heavy atom. The number of nitrogens with zero attached hydrogens (tertiary/aromatic N) is 1. The van der Waals surface area contributed by atoms with Crippen molar-refractivity contribution < 1.29 is 0 Å². The molecule has 0 aromatic heterocycles. The van der Waals surface area contributed by atoms with Crippen LogP contribution in [0.15, 0.2) is 121 Å². The lowest BCUT2D eigenvalue weighted by Gasteiger charge is -2.25. The van der Waals surface area contributed by atoms with Crippen LogP contribution in [-0.4, -0.2) is 20.8 Å². The molecule has 0 saturated heterocycles. The van der Waals surface area contributed by atoms with Crippen LogP contribution >= 0.6 is 0 Å². The summed E-state index contributed by atoms with van der Waals surface area (Å²) in [7, 11) is 4.30. The molecule has 0 bridgehead atoms. The molecule has 0 heterocycles. The number of fused-ring (bicyclic) bond motifs is 2. The minimum absolute atomic E-state index is 0.148. The number of aryl methyl sites for hydroxylation is 6. The Labute approximate surface area is 287 Å². The van der Waals surface area contributed by atoms with Crippen LogP contribution in [0.25, 0.3) is 43.8 Å². The molecule has 0 aliphatic heterocycles. The van der Waals surface area contributed by atoms with Gasteiger partial charge in [0.05, 0.1) is 0 Å². The van der Waals surface area contributed by atoms with Crippen molar-refractivity contribution in [2.24, 2.45) is 0 Å². The summed E-state index contributed by atoms with van der Waals surface area (Å²) in [6, 6.07) is 45.6. The van der Waals surface area contributed by atoms with Crippen LogP contribution in [0.1, 0.15) is 33.4 Å². The molecule has 0 aliphatic carbocycles. The first kappa shape index (κ1) is 31.5. The van der Waals surface area contributed by atoms with E-state index in [4.69, 9.17) is 0 Å². The number of benzene rings is 7. The van der Waals surface area contributed by atoms with Gasteiger partial charge in [0.1, 0.15) is 0 Å². The summed E-state index contributed by atoms with van der Waals surface area (Å²) >= 11 is 0. The predicted molar refractivity (Wildman–Crippen MR) is 213 cm³/mol. The molecule has 0 N–H and O–H groups in total. The summed E-state index contributed by atoms with van der Waals surface area (Å²) in [5, 5.41) is 5.05. The van der Waals surface area contributed by atoms with Gasteiger partial charge in [-0.05, 0) is 80.3 Å². The highest BCUT2D eigenvalue weighted by Crippen LogP contribution is 2.45. The first-order chi connectivity index (χ1) is 23.1. The van der Waals surface area contributed by atoms with Gasteiger partial charge < -0.3 is 4.90 Å². The second kappa shape index (κ2) is 12.5.